The molecule has 0 radical (unpaired) electrons. The van der Waals surface area contributed by atoms with Gasteiger partial charge in [0, 0.05) is 31.2 Å². The molecular weight excluding hydrogens is 387 g/mol. The second-order valence-corrected chi connectivity index (χ2v) is 7.79. The van der Waals surface area contributed by atoms with Gasteiger partial charge in [-0.15, -0.1) is 5.10 Å². The Morgan fingerprint density at radius 3 is 2.83 bits per heavy atom. The minimum atomic E-state index is -0.415. The molecule has 0 N–H and O–H groups in total. The molecule has 2 atom stereocenters. The third-order valence-corrected chi connectivity index (χ3v) is 5.89. The maximum Gasteiger partial charge on any atom is 0.258 e. The molecule has 0 spiro atoms. The molecule has 0 aliphatic carbocycles. The van der Waals surface area contributed by atoms with Crippen molar-refractivity contribution in [3.05, 3.63) is 53.5 Å². The molecule has 10 heteroatoms. The van der Waals surface area contributed by atoms with Crippen LogP contribution in [0.5, 0.6) is 0 Å². The second-order valence-electron chi connectivity index (χ2n) is 7.79. The van der Waals surface area contributed by atoms with Gasteiger partial charge in [-0.2, -0.15) is 0 Å². The number of likely N-dealkylation sites (tertiary alicyclic amines) is 1. The standard InChI is InChI=1S/C20H21FN8O/c1-12-3-4-15(18(24-12)29-8-6-23-26-29)19(30)28-10-14-5-7-27(11-17(14)28)20-22-9-16(21)13(2)25-20/h3-4,6,8-9,14,17H,5,7,10-11H2,1-2H3/t14-,17-/m1/s1. The van der Waals surface area contributed by atoms with E-state index in [-0.39, 0.29) is 11.9 Å². The molecule has 0 aromatic carbocycles. The fraction of sp³-hybridized carbons (Fsp3) is 0.400. The maximum absolute atomic E-state index is 13.5. The van der Waals surface area contributed by atoms with E-state index < -0.39 is 5.82 Å². The number of carbonyl (C=O) groups is 1. The first kappa shape index (κ1) is 18.6. The van der Waals surface area contributed by atoms with E-state index in [1.807, 2.05) is 22.8 Å². The van der Waals surface area contributed by atoms with Gasteiger partial charge in [-0.3, -0.25) is 4.79 Å². The predicted octanol–water partition coefficient (Wildman–Crippen LogP) is 1.56. The lowest BCUT2D eigenvalue weighted by atomic mass is 9.82. The van der Waals surface area contributed by atoms with Crippen LogP contribution >= 0.6 is 0 Å². The van der Waals surface area contributed by atoms with Crippen molar-refractivity contribution in [1.82, 2.24) is 34.8 Å². The van der Waals surface area contributed by atoms with Gasteiger partial charge in [0.2, 0.25) is 5.95 Å². The van der Waals surface area contributed by atoms with Crippen molar-refractivity contribution in [1.29, 1.82) is 0 Å². The molecule has 2 aliphatic rings. The van der Waals surface area contributed by atoms with Gasteiger partial charge < -0.3 is 9.80 Å². The maximum atomic E-state index is 13.5. The summed E-state index contributed by atoms with van der Waals surface area (Å²) in [6, 6.07) is 3.68. The Labute approximate surface area is 172 Å². The van der Waals surface area contributed by atoms with E-state index in [0.29, 0.717) is 42.0 Å². The fourth-order valence-electron chi connectivity index (χ4n) is 4.16. The molecule has 3 aromatic heterocycles. The van der Waals surface area contributed by atoms with Crippen LogP contribution in [0.3, 0.4) is 0 Å². The molecule has 0 unspecified atom stereocenters. The van der Waals surface area contributed by atoms with E-state index in [0.717, 1.165) is 18.7 Å². The van der Waals surface area contributed by atoms with Crippen LogP contribution in [0.2, 0.25) is 0 Å². The highest BCUT2D eigenvalue weighted by atomic mass is 19.1. The number of halogens is 1. The smallest absolute Gasteiger partial charge is 0.258 e. The van der Waals surface area contributed by atoms with Crippen molar-refractivity contribution >= 4 is 11.9 Å². The predicted molar refractivity (Wildman–Crippen MR) is 106 cm³/mol. The van der Waals surface area contributed by atoms with Crippen LogP contribution in [-0.4, -0.2) is 66.4 Å². The first-order chi connectivity index (χ1) is 14.5. The first-order valence-electron chi connectivity index (χ1n) is 9.90. The number of hydrogen-bond donors (Lipinski definition) is 0. The highest BCUT2D eigenvalue weighted by Gasteiger charge is 2.46. The number of piperidine rings is 1. The Morgan fingerprint density at radius 2 is 2.07 bits per heavy atom. The zero-order chi connectivity index (χ0) is 20.8. The Bertz CT molecular complexity index is 1100. The lowest BCUT2D eigenvalue weighted by molar-refractivity contribution is 0.00763. The first-order valence-corrected chi connectivity index (χ1v) is 9.90. The summed E-state index contributed by atoms with van der Waals surface area (Å²) in [5.41, 5.74) is 1.62. The number of aryl methyl sites for hydroxylation is 2. The van der Waals surface area contributed by atoms with Gasteiger partial charge in [0.15, 0.2) is 11.6 Å². The lowest BCUT2D eigenvalue weighted by Gasteiger charge is -2.53. The Morgan fingerprint density at radius 1 is 1.20 bits per heavy atom. The number of carbonyl (C=O) groups excluding carboxylic acids is 1. The molecule has 9 nitrogen and oxygen atoms in total. The highest BCUT2D eigenvalue weighted by molar-refractivity contribution is 5.98. The number of nitrogens with zero attached hydrogens (tertiary/aromatic N) is 8. The van der Waals surface area contributed by atoms with E-state index in [1.54, 1.807) is 25.4 Å². The molecule has 154 valence electrons. The molecule has 3 aromatic rings. The molecule has 2 aliphatic heterocycles. The number of hydrogen-bond acceptors (Lipinski definition) is 7. The summed E-state index contributed by atoms with van der Waals surface area (Å²) in [7, 11) is 0. The fourth-order valence-corrected chi connectivity index (χ4v) is 4.16. The van der Waals surface area contributed by atoms with Crippen molar-refractivity contribution in [3.8, 4) is 5.82 Å². The van der Waals surface area contributed by atoms with Crippen molar-refractivity contribution in [3.63, 3.8) is 0 Å². The number of amides is 1. The normalized spacial score (nSPS) is 20.6. The van der Waals surface area contributed by atoms with Gasteiger partial charge in [0.05, 0.1) is 35.9 Å². The zero-order valence-corrected chi connectivity index (χ0v) is 16.7. The van der Waals surface area contributed by atoms with Crippen LogP contribution < -0.4 is 4.90 Å². The number of rotatable bonds is 3. The SMILES string of the molecule is Cc1ccc(C(=O)N2C[C@H]3CCN(c4ncc(F)c(C)n4)C[C@H]32)c(-n2ccnn2)n1. The van der Waals surface area contributed by atoms with Gasteiger partial charge >= 0.3 is 0 Å². The molecular formula is C20H21FN8O. The molecule has 0 bridgehead atoms. The number of aromatic nitrogens is 6. The summed E-state index contributed by atoms with van der Waals surface area (Å²) in [6.07, 6.45) is 5.38. The average Bonchev–Trinajstić information content (AvgIpc) is 3.25. The quantitative estimate of drug-likeness (QED) is 0.649. The van der Waals surface area contributed by atoms with E-state index in [9.17, 15) is 9.18 Å². The molecule has 5 rings (SSSR count). The van der Waals surface area contributed by atoms with Crippen LogP contribution in [0.1, 0.15) is 28.2 Å². The molecule has 2 saturated heterocycles. The zero-order valence-electron chi connectivity index (χ0n) is 16.7. The summed E-state index contributed by atoms with van der Waals surface area (Å²) in [5, 5.41) is 7.83. The lowest BCUT2D eigenvalue weighted by Crippen LogP contribution is -2.66. The molecule has 0 saturated carbocycles. The summed E-state index contributed by atoms with van der Waals surface area (Å²) < 4.78 is 15.1. The number of anilines is 1. The van der Waals surface area contributed by atoms with Crippen molar-refractivity contribution < 1.29 is 9.18 Å². The summed E-state index contributed by atoms with van der Waals surface area (Å²) in [5.74, 6) is 0.937. The monoisotopic (exact) mass is 408 g/mol. The molecule has 1 amide bonds. The van der Waals surface area contributed by atoms with Gasteiger partial charge in [0.25, 0.3) is 5.91 Å². The van der Waals surface area contributed by atoms with Crippen LogP contribution in [0.4, 0.5) is 10.3 Å². The Hall–Kier alpha value is -3.43. The average molecular weight is 408 g/mol. The molecule has 30 heavy (non-hydrogen) atoms. The number of pyridine rings is 1. The van der Waals surface area contributed by atoms with Crippen molar-refractivity contribution in [2.75, 3.05) is 24.5 Å². The van der Waals surface area contributed by atoms with Gasteiger partial charge in [0.1, 0.15) is 0 Å². The minimum Gasteiger partial charge on any atom is -0.339 e. The topological polar surface area (TPSA) is 92.9 Å². The van der Waals surface area contributed by atoms with E-state index in [2.05, 4.69) is 25.3 Å². The number of fused-ring (bicyclic) bond motifs is 1. The van der Waals surface area contributed by atoms with E-state index in [1.165, 1.54) is 10.9 Å². The summed E-state index contributed by atoms with van der Waals surface area (Å²) >= 11 is 0. The minimum absolute atomic E-state index is 0.0603. The summed E-state index contributed by atoms with van der Waals surface area (Å²) in [4.78, 5) is 30.2. The Kier molecular flexibility index (Phi) is 4.41. The van der Waals surface area contributed by atoms with Crippen molar-refractivity contribution in [2.45, 2.75) is 26.3 Å². The van der Waals surface area contributed by atoms with Crippen molar-refractivity contribution in [2.24, 2.45) is 5.92 Å². The summed E-state index contributed by atoms with van der Waals surface area (Å²) in [6.45, 7) is 5.63. The largest absolute Gasteiger partial charge is 0.339 e. The third kappa shape index (κ3) is 3.08. The third-order valence-electron chi connectivity index (χ3n) is 5.89. The van der Waals surface area contributed by atoms with Gasteiger partial charge in [-0.1, -0.05) is 5.21 Å². The van der Waals surface area contributed by atoms with Crippen LogP contribution in [0.25, 0.3) is 5.82 Å². The van der Waals surface area contributed by atoms with Gasteiger partial charge in [-0.05, 0) is 32.4 Å². The van der Waals surface area contributed by atoms with Gasteiger partial charge in [-0.25, -0.2) is 24.0 Å². The molecule has 5 heterocycles. The van der Waals surface area contributed by atoms with Crippen LogP contribution in [0.15, 0.2) is 30.7 Å². The second kappa shape index (κ2) is 7.12. The van der Waals surface area contributed by atoms with Crippen LogP contribution in [-0.2, 0) is 0 Å². The van der Waals surface area contributed by atoms with E-state index >= 15 is 0 Å². The highest BCUT2D eigenvalue weighted by Crippen LogP contribution is 2.35. The van der Waals surface area contributed by atoms with Crippen LogP contribution in [0, 0.1) is 25.6 Å². The Balaban J connectivity index is 1.39. The van der Waals surface area contributed by atoms with E-state index in [4.69, 9.17) is 0 Å². The molecule has 2 fully saturated rings.